The molecule has 0 amide bonds. The van der Waals surface area contributed by atoms with Crippen LogP contribution in [0.25, 0.3) is 16.8 Å². The Balaban J connectivity index is 1.89. The lowest BCUT2D eigenvalue weighted by atomic mass is 10.3. The minimum atomic E-state index is 0.684. The van der Waals surface area contributed by atoms with E-state index in [-0.39, 0.29) is 0 Å². The van der Waals surface area contributed by atoms with E-state index in [1.807, 2.05) is 52.4 Å². The van der Waals surface area contributed by atoms with E-state index in [0.29, 0.717) is 11.0 Å². The number of rotatable bonds is 2. The normalized spacial score (nSPS) is 11.3. The second kappa shape index (κ2) is 4.49. The molecule has 0 aliphatic heterocycles. The molecule has 0 radical (unpaired) electrons. The molecule has 1 N–H and O–H groups in total. The molecule has 0 atom stereocenters. The van der Waals surface area contributed by atoms with E-state index in [1.165, 1.54) is 0 Å². The predicted octanol–water partition coefficient (Wildman–Crippen LogP) is 3.62. The zero-order valence-electron chi connectivity index (χ0n) is 11.3. The summed E-state index contributed by atoms with van der Waals surface area (Å²) in [5.41, 5.74) is 3.10. The van der Waals surface area contributed by atoms with Gasteiger partial charge in [-0.2, -0.15) is 0 Å². The first kappa shape index (κ1) is 12.2. The maximum atomic E-state index is 5.91. The van der Waals surface area contributed by atoms with Crippen molar-refractivity contribution in [1.82, 2.24) is 19.2 Å². The van der Waals surface area contributed by atoms with Crippen LogP contribution in [-0.4, -0.2) is 19.2 Å². The van der Waals surface area contributed by atoms with Crippen LogP contribution in [0.2, 0.25) is 5.02 Å². The van der Waals surface area contributed by atoms with E-state index < -0.39 is 0 Å². The van der Waals surface area contributed by atoms with E-state index in [1.54, 1.807) is 0 Å². The van der Waals surface area contributed by atoms with Crippen LogP contribution in [0.1, 0.15) is 0 Å². The van der Waals surface area contributed by atoms with Gasteiger partial charge in [0.2, 0.25) is 11.7 Å². The number of aromatic nitrogens is 4. The Morgan fingerprint density at radius 1 is 0.952 bits per heavy atom. The van der Waals surface area contributed by atoms with Gasteiger partial charge in [-0.3, -0.25) is 0 Å². The maximum Gasteiger partial charge on any atom is 0.237 e. The molecule has 4 aromatic rings. The van der Waals surface area contributed by atoms with Crippen LogP contribution < -0.4 is 5.32 Å². The van der Waals surface area contributed by atoms with Crippen LogP contribution in [0.4, 0.5) is 11.6 Å². The van der Waals surface area contributed by atoms with E-state index >= 15 is 0 Å². The second-order valence-corrected chi connectivity index (χ2v) is 5.28. The Labute approximate surface area is 125 Å². The second-order valence-electron chi connectivity index (χ2n) is 4.84. The van der Waals surface area contributed by atoms with Crippen molar-refractivity contribution in [3.8, 4) is 0 Å². The Morgan fingerprint density at radius 3 is 2.43 bits per heavy atom. The highest BCUT2D eigenvalue weighted by Crippen LogP contribution is 2.24. The Kier molecular flexibility index (Phi) is 2.62. The molecule has 2 heterocycles. The molecule has 0 fully saturated rings. The number of imidazole rings is 1. The Morgan fingerprint density at radius 2 is 1.67 bits per heavy atom. The lowest BCUT2D eigenvalue weighted by Gasteiger charge is -2.03. The molecule has 0 bridgehead atoms. The summed E-state index contributed by atoms with van der Waals surface area (Å²) in [5.74, 6) is 1.48. The molecule has 0 unspecified atom stereocenters. The fourth-order valence-corrected chi connectivity index (χ4v) is 2.63. The maximum absolute atomic E-state index is 5.91. The number of nitrogens with one attached hydrogen (secondary N) is 1. The summed E-state index contributed by atoms with van der Waals surface area (Å²) in [5, 5.41) is 12.5. The van der Waals surface area contributed by atoms with Gasteiger partial charge in [-0.1, -0.05) is 23.7 Å². The van der Waals surface area contributed by atoms with Crippen molar-refractivity contribution in [2.75, 3.05) is 5.32 Å². The third-order valence-electron chi connectivity index (χ3n) is 3.53. The largest absolute Gasteiger partial charge is 0.324 e. The summed E-state index contributed by atoms with van der Waals surface area (Å²) >= 11 is 5.91. The Bertz CT molecular complexity index is 936. The zero-order chi connectivity index (χ0) is 14.4. The van der Waals surface area contributed by atoms with Crippen molar-refractivity contribution in [1.29, 1.82) is 0 Å². The fraction of sp³-hybridized carbons (Fsp3) is 0.0667. The van der Waals surface area contributed by atoms with E-state index in [4.69, 9.17) is 11.6 Å². The fourth-order valence-electron chi connectivity index (χ4n) is 2.50. The number of benzene rings is 2. The number of hydrogen-bond acceptors (Lipinski definition) is 3. The van der Waals surface area contributed by atoms with Gasteiger partial charge in [-0.25, -0.2) is 4.40 Å². The SMILES string of the molecule is Cn1c2ccccc2n2c(Nc3ccc(Cl)cc3)nnc12. The molecule has 21 heavy (non-hydrogen) atoms. The monoisotopic (exact) mass is 297 g/mol. The Hall–Kier alpha value is -2.53. The number of hydrogen-bond donors (Lipinski definition) is 1. The smallest absolute Gasteiger partial charge is 0.237 e. The first-order valence-corrected chi connectivity index (χ1v) is 6.93. The van der Waals surface area contributed by atoms with Gasteiger partial charge >= 0.3 is 0 Å². The third kappa shape index (κ3) is 1.86. The number of aryl methyl sites for hydroxylation is 1. The summed E-state index contributed by atoms with van der Waals surface area (Å²) < 4.78 is 4.03. The molecule has 0 saturated carbocycles. The van der Waals surface area contributed by atoms with Gasteiger partial charge < -0.3 is 9.88 Å². The number of nitrogens with zero attached hydrogens (tertiary/aromatic N) is 4. The molecular weight excluding hydrogens is 286 g/mol. The van der Waals surface area contributed by atoms with Crippen LogP contribution >= 0.6 is 11.6 Å². The minimum Gasteiger partial charge on any atom is -0.324 e. The summed E-state index contributed by atoms with van der Waals surface area (Å²) in [6.07, 6.45) is 0. The van der Waals surface area contributed by atoms with Gasteiger partial charge in [0.25, 0.3) is 0 Å². The lowest BCUT2D eigenvalue weighted by Crippen LogP contribution is -1.95. The van der Waals surface area contributed by atoms with Gasteiger partial charge in [0.15, 0.2) is 0 Å². The van der Waals surface area contributed by atoms with Crippen molar-refractivity contribution in [3.05, 3.63) is 53.6 Å². The minimum absolute atomic E-state index is 0.684. The number of halogens is 1. The summed E-state index contributed by atoms with van der Waals surface area (Å²) in [4.78, 5) is 0. The quantitative estimate of drug-likeness (QED) is 0.615. The van der Waals surface area contributed by atoms with Crippen molar-refractivity contribution in [2.24, 2.45) is 7.05 Å². The molecule has 0 aliphatic rings. The van der Waals surface area contributed by atoms with E-state index in [2.05, 4.69) is 27.6 Å². The van der Waals surface area contributed by atoms with Gasteiger partial charge in [0.1, 0.15) is 0 Å². The first-order chi connectivity index (χ1) is 10.2. The summed E-state index contributed by atoms with van der Waals surface area (Å²) in [6, 6.07) is 15.6. The van der Waals surface area contributed by atoms with Crippen molar-refractivity contribution in [2.45, 2.75) is 0 Å². The van der Waals surface area contributed by atoms with Crippen LogP contribution in [-0.2, 0) is 7.05 Å². The molecule has 0 spiro atoms. The number of anilines is 2. The van der Waals surface area contributed by atoms with Crippen LogP contribution in [0.5, 0.6) is 0 Å². The molecule has 2 aromatic heterocycles. The molecule has 0 saturated heterocycles. The lowest BCUT2D eigenvalue weighted by molar-refractivity contribution is 0.954. The molecule has 4 rings (SSSR count). The molecular formula is C15H12ClN5. The van der Waals surface area contributed by atoms with Gasteiger partial charge in [0, 0.05) is 17.8 Å². The van der Waals surface area contributed by atoms with E-state index in [0.717, 1.165) is 22.5 Å². The highest BCUT2D eigenvalue weighted by atomic mass is 35.5. The number of para-hydroxylation sites is 2. The van der Waals surface area contributed by atoms with Crippen LogP contribution in [0, 0.1) is 0 Å². The molecule has 6 heteroatoms. The first-order valence-electron chi connectivity index (χ1n) is 6.55. The molecule has 104 valence electrons. The predicted molar refractivity (Wildman–Crippen MR) is 84.2 cm³/mol. The van der Waals surface area contributed by atoms with Gasteiger partial charge in [0.05, 0.1) is 11.0 Å². The standard InChI is InChI=1S/C15H12ClN5/c1-20-12-4-2-3-5-13(12)21-14(18-19-15(20)21)17-11-8-6-10(16)7-9-11/h2-9H,1H3,(H,17,18). The molecule has 0 aliphatic carbocycles. The highest BCUT2D eigenvalue weighted by Gasteiger charge is 2.14. The van der Waals surface area contributed by atoms with Gasteiger partial charge in [-0.15, -0.1) is 10.2 Å². The van der Waals surface area contributed by atoms with Gasteiger partial charge in [-0.05, 0) is 36.4 Å². The van der Waals surface area contributed by atoms with Crippen molar-refractivity contribution in [3.63, 3.8) is 0 Å². The summed E-state index contributed by atoms with van der Waals surface area (Å²) in [6.45, 7) is 0. The van der Waals surface area contributed by atoms with E-state index in [9.17, 15) is 0 Å². The zero-order valence-corrected chi connectivity index (χ0v) is 12.0. The molecule has 5 nitrogen and oxygen atoms in total. The third-order valence-corrected chi connectivity index (χ3v) is 3.78. The molecule has 2 aromatic carbocycles. The average molecular weight is 298 g/mol. The highest BCUT2D eigenvalue weighted by molar-refractivity contribution is 6.30. The summed E-state index contributed by atoms with van der Waals surface area (Å²) in [7, 11) is 1.98. The average Bonchev–Trinajstić information content (AvgIpc) is 3.03. The topological polar surface area (TPSA) is 47.1 Å². The van der Waals surface area contributed by atoms with Crippen LogP contribution in [0.3, 0.4) is 0 Å². The van der Waals surface area contributed by atoms with Crippen molar-refractivity contribution >= 4 is 40.0 Å². The van der Waals surface area contributed by atoms with Crippen LogP contribution in [0.15, 0.2) is 48.5 Å². The number of fused-ring (bicyclic) bond motifs is 3. The van der Waals surface area contributed by atoms with Crippen molar-refractivity contribution < 1.29 is 0 Å².